The van der Waals surface area contributed by atoms with Crippen LogP contribution in [0.3, 0.4) is 0 Å². The highest BCUT2D eigenvalue weighted by molar-refractivity contribution is 6.09. The summed E-state index contributed by atoms with van der Waals surface area (Å²) in [6, 6.07) is 13.8. The third-order valence-corrected chi connectivity index (χ3v) is 4.03. The third kappa shape index (κ3) is 6.67. The molecule has 2 aromatic carbocycles. The first-order chi connectivity index (χ1) is 13.6. The van der Waals surface area contributed by atoms with Crippen LogP contribution in [0, 0.1) is 24.7 Å². The van der Waals surface area contributed by atoms with Crippen LogP contribution in [-0.2, 0) is 0 Å². The summed E-state index contributed by atoms with van der Waals surface area (Å²) in [6.45, 7) is 1.15. The molecular formula is C24H22O4. The Kier molecular flexibility index (Phi) is 8.37. The Bertz CT molecular complexity index is 824. The molecule has 0 aliphatic carbocycles. The highest BCUT2D eigenvalue weighted by atomic mass is 16.5. The van der Waals surface area contributed by atoms with Crippen molar-refractivity contribution < 1.29 is 19.1 Å². The maximum Gasteiger partial charge on any atom is 0.235 e. The number of Topliss-reactive ketones (excluding diaryl/α,β-unsaturated/α-hetero) is 2. The lowest BCUT2D eigenvalue weighted by atomic mass is 10.1. The number of hydrogen-bond donors (Lipinski definition) is 0. The molecule has 0 saturated carbocycles. The minimum atomic E-state index is -0.348. The van der Waals surface area contributed by atoms with Gasteiger partial charge in [0.1, 0.15) is 11.5 Å². The minimum absolute atomic E-state index is 0.348. The van der Waals surface area contributed by atoms with E-state index in [9.17, 15) is 9.59 Å². The third-order valence-electron chi connectivity index (χ3n) is 4.03. The average Bonchev–Trinajstić information content (AvgIpc) is 2.74. The molecule has 142 valence electrons. The summed E-state index contributed by atoms with van der Waals surface area (Å²) >= 11 is 0. The zero-order chi connectivity index (χ0) is 20.2. The van der Waals surface area contributed by atoms with E-state index in [0.717, 1.165) is 25.7 Å². The largest absolute Gasteiger partial charge is 0.494 e. The van der Waals surface area contributed by atoms with Crippen LogP contribution in [0.15, 0.2) is 48.5 Å². The van der Waals surface area contributed by atoms with E-state index in [4.69, 9.17) is 22.3 Å². The topological polar surface area (TPSA) is 52.6 Å². The van der Waals surface area contributed by atoms with Crippen molar-refractivity contribution in [1.29, 1.82) is 0 Å². The number of ether oxygens (including phenoxy) is 2. The lowest BCUT2D eigenvalue weighted by molar-refractivity contribution is 0.104. The van der Waals surface area contributed by atoms with Crippen molar-refractivity contribution in [3.05, 3.63) is 59.7 Å². The van der Waals surface area contributed by atoms with E-state index in [0.29, 0.717) is 35.8 Å². The molecule has 0 bridgehead atoms. The maximum absolute atomic E-state index is 11.5. The first kappa shape index (κ1) is 20.8. The summed E-state index contributed by atoms with van der Waals surface area (Å²) in [5.41, 5.74) is 0.926. The van der Waals surface area contributed by atoms with Crippen LogP contribution in [0.25, 0.3) is 0 Å². The quantitative estimate of drug-likeness (QED) is 0.254. The molecule has 0 N–H and O–H groups in total. The van der Waals surface area contributed by atoms with Gasteiger partial charge < -0.3 is 9.47 Å². The molecule has 4 heteroatoms. The van der Waals surface area contributed by atoms with Crippen molar-refractivity contribution in [3.8, 4) is 36.2 Å². The first-order valence-electron chi connectivity index (χ1n) is 9.11. The van der Waals surface area contributed by atoms with Crippen LogP contribution in [-0.4, -0.2) is 24.8 Å². The van der Waals surface area contributed by atoms with Gasteiger partial charge in [-0.3, -0.25) is 9.59 Å². The Morgan fingerprint density at radius 3 is 1.54 bits per heavy atom. The van der Waals surface area contributed by atoms with Crippen molar-refractivity contribution >= 4 is 11.6 Å². The van der Waals surface area contributed by atoms with E-state index in [1.165, 1.54) is 0 Å². The summed E-state index contributed by atoms with van der Waals surface area (Å²) < 4.78 is 11.3. The Hall–Kier alpha value is -3.50. The summed E-state index contributed by atoms with van der Waals surface area (Å²) in [5.74, 6) is 4.79. The zero-order valence-corrected chi connectivity index (χ0v) is 15.6. The minimum Gasteiger partial charge on any atom is -0.494 e. The van der Waals surface area contributed by atoms with Gasteiger partial charge in [-0.05, 0) is 61.8 Å². The van der Waals surface area contributed by atoms with Crippen LogP contribution < -0.4 is 9.47 Å². The van der Waals surface area contributed by atoms with E-state index in [2.05, 4.69) is 11.8 Å². The fraction of sp³-hybridized carbons (Fsp3) is 0.250. The van der Waals surface area contributed by atoms with Gasteiger partial charge in [-0.25, -0.2) is 0 Å². The molecule has 0 amide bonds. The molecule has 0 saturated heterocycles. The first-order valence-corrected chi connectivity index (χ1v) is 9.11. The molecule has 0 spiro atoms. The Balaban J connectivity index is 1.60. The standard InChI is InChI=1S/C24H22O4/c1-3-23(25)19-11-9-13-21(17-19)27-15-7-5-6-8-16-28-22-14-10-12-20(18-22)24(26)4-2/h1-2,9-14,17-18H,5-8,15-16H2. The van der Waals surface area contributed by atoms with Gasteiger partial charge in [-0.1, -0.05) is 24.3 Å². The molecule has 0 aliphatic heterocycles. The van der Waals surface area contributed by atoms with Crippen molar-refractivity contribution in [3.63, 3.8) is 0 Å². The molecule has 0 atom stereocenters. The smallest absolute Gasteiger partial charge is 0.235 e. The second-order valence-corrected chi connectivity index (χ2v) is 6.11. The van der Waals surface area contributed by atoms with E-state index in [1.54, 1.807) is 48.5 Å². The van der Waals surface area contributed by atoms with E-state index in [1.807, 2.05) is 0 Å². The maximum atomic E-state index is 11.5. The summed E-state index contributed by atoms with van der Waals surface area (Å²) in [4.78, 5) is 23.0. The number of benzene rings is 2. The molecule has 0 fully saturated rings. The average molecular weight is 374 g/mol. The number of hydrogen-bond acceptors (Lipinski definition) is 4. The molecule has 0 heterocycles. The molecule has 0 radical (unpaired) electrons. The van der Waals surface area contributed by atoms with Crippen LogP contribution in [0.1, 0.15) is 46.4 Å². The fourth-order valence-electron chi connectivity index (χ4n) is 2.56. The van der Waals surface area contributed by atoms with E-state index >= 15 is 0 Å². The van der Waals surface area contributed by atoms with Gasteiger partial charge in [-0.2, -0.15) is 0 Å². The highest BCUT2D eigenvalue weighted by Crippen LogP contribution is 2.16. The van der Waals surface area contributed by atoms with Gasteiger partial charge in [0, 0.05) is 11.1 Å². The fourth-order valence-corrected chi connectivity index (χ4v) is 2.56. The highest BCUT2D eigenvalue weighted by Gasteiger charge is 2.04. The van der Waals surface area contributed by atoms with Crippen LogP contribution >= 0.6 is 0 Å². The monoisotopic (exact) mass is 374 g/mol. The number of terminal acetylenes is 2. The van der Waals surface area contributed by atoms with Crippen molar-refractivity contribution in [2.45, 2.75) is 25.7 Å². The Morgan fingerprint density at radius 2 is 1.14 bits per heavy atom. The normalized spacial score (nSPS) is 9.79. The molecular weight excluding hydrogens is 352 g/mol. The number of rotatable bonds is 11. The number of ketones is 2. The molecule has 4 nitrogen and oxygen atoms in total. The number of unbranched alkanes of at least 4 members (excludes halogenated alkanes) is 3. The summed E-state index contributed by atoms with van der Waals surface area (Å²) in [6.07, 6.45) is 14.1. The molecule has 0 aromatic heterocycles. The van der Waals surface area contributed by atoms with E-state index in [-0.39, 0.29) is 11.6 Å². The van der Waals surface area contributed by atoms with Crippen LogP contribution in [0.5, 0.6) is 11.5 Å². The van der Waals surface area contributed by atoms with Gasteiger partial charge >= 0.3 is 0 Å². The molecule has 0 unspecified atom stereocenters. The lowest BCUT2D eigenvalue weighted by Gasteiger charge is -2.08. The van der Waals surface area contributed by atoms with Gasteiger partial charge in [-0.15, -0.1) is 12.8 Å². The molecule has 0 aliphatic rings. The van der Waals surface area contributed by atoms with Crippen molar-refractivity contribution in [2.24, 2.45) is 0 Å². The number of carbonyl (C=O) groups excluding carboxylic acids is 2. The van der Waals surface area contributed by atoms with Crippen LogP contribution in [0.4, 0.5) is 0 Å². The lowest BCUT2D eigenvalue weighted by Crippen LogP contribution is -2.01. The summed E-state index contributed by atoms with van der Waals surface area (Å²) in [5, 5.41) is 0. The number of carbonyl (C=O) groups is 2. The SMILES string of the molecule is C#CC(=O)c1cccc(OCCCCCCOc2cccc(C(=O)C#C)c2)c1. The second kappa shape index (κ2) is 11.3. The predicted molar refractivity (Wildman–Crippen MR) is 109 cm³/mol. The van der Waals surface area contributed by atoms with E-state index < -0.39 is 0 Å². The van der Waals surface area contributed by atoms with Crippen molar-refractivity contribution in [1.82, 2.24) is 0 Å². The van der Waals surface area contributed by atoms with Crippen molar-refractivity contribution in [2.75, 3.05) is 13.2 Å². The summed E-state index contributed by atoms with van der Waals surface area (Å²) in [7, 11) is 0. The van der Waals surface area contributed by atoms with Gasteiger partial charge in [0.2, 0.25) is 11.6 Å². The van der Waals surface area contributed by atoms with Gasteiger partial charge in [0.15, 0.2) is 0 Å². The molecule has 2 rings (SSSR count). The zero-order valence-electron chi connectivity index (χ0n) is 15.6. The second-order valence-electron chi connectivity index (χ2n) is 6.11. The van der Waals surface area contributed by atoms with Crippen LogP contribution in [0.2, 0.25) is 0 Å². The van der Waals surface area contributed by atoms with Gasteiger partial charge in [0.25, 0.3) is 0 Å². The molecule has 2 aromatic rings. The van der Waals surface area contributed by atoms with Gasteiger partial charge in [0.05, 0.1) is 13.2 Å². The Morgan fingerprint density at radius 1 is 0.714 bits per heavy atom. The Labute approximate surface area is 165 Å². The molecule has 28 heavy (non-hydrogen) atoms. The predicted octanol–water partition coefficient (Wildman–Crippen LogP) is 4.34.